The molecule has 0 bridgehead atoms. The van der Waals surface area contributed by atoms with Gasteiger partial charge in [0.25, 0.3) is 0 Å². The molecule has 3 rings (SSSR count). The molecule has 1 aromatic carbocycles. The summed E-state index contributed by atoms with van der Waals surface area (Å²) in [6, 6.07) is 8.59. The van der Waals surface area contributed by atoms with Gasteiger partial charge in [0.1, 0.15) is 0 Å². The van der Waals surface area contributed by atoms with Crippen molar-refractivity contribution in [3.63, 3.8) is 0 Å². The van der Waals surface area contributed by atoms with Crippen LogP contribution < -0.4 is 0 Å². The van der Waals surface area contributed by atoms with Gasteiger partial charge in [0.05, 0.1) is 17.0 Å². The fourth-order valence-corrected chi connectivity index (χ4v) is 3.80. The van der Waals surface area contributed by atoms with Crippen molar-refractivity contribution in [2.75, 3.05) is 5.75 Å². The van der Waals surface area contributed by atoms with E-state index in [0.29, 0.717) is 32.3 Å². The molecule has 5 nitrogen and oxygen atoms in total. The summed E-state index contributed by atoms with van der Waals surface area (Å²) in [6.07, 6.45) is 1.59. The maximum atomic E-state index is 12.4. The predicted octanol–water partition coefficient (Wildman–Crippen LogP) is 5.40. The van der Waals surface area contributed by atoms with E-state index in [0.717, 1.165) is 0 Å². The Hall–Kier alpha value is -1.76. The van der Waals surface area contributed by atoms with E-state index >= 15 is 0 Å². The van der Waals surface area contributed by atoms with Crippen LogP contribution in [0.5, 0.6) is 0 Å². The van der Waals surface area contributed by atoms with Crippen LogP contribution in [-0.2, 0) is 0 Å². The Labute approximate surface area is 159 Å². The minimum atomic E-state index is -0.0930. The fraction of sp³-hybridized carbons (Fsp3) is 0.235. The van der Waals surface area contributed by atoms with E-state index in [4.69, 9.17) is 27.6 Å². The summed E-state index contributed by atoms with van der Waals surface area (Å²) in [6.45, 7) is 4.05. The van der Waals surface area contributed by atoms with Crippen LogP contribution in [0.4, 0.5) is 0 Å². The summed E-state index contributed by atoms with van der Waals surface area (Å²) in [5.41, 5.74) is 0.445. The van der Waals surface area contributed by atoms with Gasteiger partial charge >= 0.3 is 0 Å². The molecule has 0 unspecified atom stereocenters. The van der Waals surface area contributed by atoms with Crippen molar-refractivity contribution in [1.82, 2.24) is 14.8 Å². The van der Waals surface area contributed by atoms with Crippen LogP contribution in [0.1, 0.15) is 30.2 Å². The summed E-state index contributed by atoms with van der Waals surface area (Å²) in [4.78, 5) is 12.4. The summed E-state index contributed by atoms with van der Waals surface area (Å²) in [5, 5.41) is 9.91. The maximum absolute atomic E-state index is 12.4. The largest absolute Gasteiger partial charge is 0.461 e. The number of thioether (sulfide) groups is 1. The molecule has 0 radical (unpaired) electrons. The SMILES string of the molecule is CC(C)n1c(SCC(=O)c2ccc(Cl)cc2Cl)nnc1-c1ccco1. The maximum Gasteiger partial charge on any atom is 0.200 e. The van der Waals surface area contributed by atoms with Gasteiger partial charge in [-0.2, -0.15) is 0 Å². The van der Waals surface area contributed by atoms with Gasteiger partial charge in [-0.05, 0) is 44.2 Å². The average Bonchev–Trinajstić information content (AvgIpc) is 3.21. The predicted molar refractivity (Wildman–Crippen MR) is 99.6 cm³/mol. The third-order valence-electron chi connectivity index (χ3n) is 3.49. The van der Waals surface area contributed by atoms with E-state index in [1.54, 1.807) is 30.5 Å². The first-order chi connectivity index (χ1) is 12.0. The zero-order valence-electron chi connectivity index (χ0n) is 13.6. The monoisotopic (exact) mass is 395 g/mol. The Bertz CT molecular complexity index is 891. The van der Waals surface area contributed by atoms with Gasteiger partial charge in [0.15, 0.2) is 16.7 Å². The average molecular weight is 396 g/mol. The number of rotatable bonds is 6. The number of hydrogen-bond acceptors (Lipinski definition) is 5. The lowest BCUT2D eigenvalue weighted by molar-refractivity contribution is 0.102. The van der Waals surface area contributed by atoms with Crippen molar-refractivity contribution in [1.29, 1.82) is 0 Å². The molecule has 2 heterocycles. The highest BCUT2D eigenvalue weighted by molar-refractivity contribution is 7.99. The summed E-state index contributed by atoms with van der Waals surface area (Å²) in [5.74, 6) is 1.38. The van der Waals surface area contributed by atoms with Gasteiger partial charge in [-0.3, -0.25) is 9.36 Å². The second kappa shape index (κ2) is 7.64. The van der Waals surface area contributed by atoms with E-state index in [9.17, 15) is 4.79 Å². The molecule has 0 fully saturated rings. The normalized spacial score (nSPS) is 11.2. The Morgan fingerprint density at radius 3 is 2.72 bits per heavy atom. The number of Topliss-reactive ketones (excluding diaryl/α,β-unsaturated/α-hetero) is 1. The molecule has 0 N–H and O–H groups in total. The van der Waals surface area contributed by atoms with Crippen LogP contribution >= 0.6 is 35.0 Å². The number of hydrogen-bond donors (Lipinski definition) is 0. The van der Waals surface area contributed by atoms with Crippen molar-refractivity contribution >= 4 is 40.7 Å². The Kier molecular flexibility index (Phi) is 5.51. The third-order valence-corrected chi connectivity index (χ3v) is 4.98. The zero-order chi connectivity index (χ0) is 18.0. The molecule has 0 aliphatic heterocycles. The number of nitrogens with zero attached hydrogens (tertiary/aromatic N) is 3. The first kappa shape index (κ1) is 18.0. The van der Waals surface area contributed by atoms with Gasteiger partial charge in [0.2, 0.25) is 5.82 Å². The Morgan fingerprint density at radius 2 is 2.08 bits per heavy atom. The quantitative estimate of drug-likeness (QED) is 0.412. The van der Waals surface area contributed by atoms with Crippen LogP contribution in [-0.4, -0.2) is 26.3 Å². The molecule has 0 atom stereocenters. The number of benzene rings is 1. The van der Waals surface area contributed by atoms with Crippen LogP contribution in [0.25, 0.3) is 11.6 Å². The smallest absolute Gasteiger partial charge is 0.200 e. The van der Waals surface area contributed by atoms with Crippen LogP contribution in [0, 0.1) is 0 Å². The highest BCUT2D eigenvalue weighted by atomic mass is 35.5. The lowest BCUT2D eigenvalue weighted by Gasteiger charge is -2.12. The lowest BCUT2D eigenvalue weighted by Crippen LogP contribution is -2.08. The van der Waals surface area contributed by atoms with E-state index in [-0.39, 0.29) is 17.6 Å². The third kappa shape index (κ3) is 3.92. The van der Waals surface area contributed by atoms with E-state index in [1.807, 2.05) is 24.5 Å². The minimum absolute atomic E-state index is 0.0930. The van der Waals surface area contributed by atoms with Crippen LogP contribution in [0.15, 0.2) is 46.2 Å². The molecule has 0 saturated carbocycles. The molecule has 2 aromatic heterocycles. The van der Waals surface area contributed by atoms with E-state index in [2.05, 4.69) is 10.2 Å². The molecular formula is C17H15Cl2N3O2S. The molecule has 8 heteroatoms. The van der Waals surface area contributed by atoms with Gasteiger partial charge in [-0.1, -0.05) is 35.0 Å². The molecule has 0 aliphatic carbocycles. The Morgan fingerprint density at radius 1 is 1.28 bits per heavy atom. The standard InChI is InChI=1S/C17H15Cl2N3O2S/c1-10(2)22-16(15-4-3-7-24-15)20-21-17(22)25-9-14(23)12-6-5-11(18)8-13(12)19/h3-8,10H,9H2,1-2H3. The lowest BCUT2D eigenvalue weighted by atomic mass is 10.1. The van der Waals surface area contributed by atoms with E-state index < -0.39 is 0 Å². The highest BCUT2D eigenvalue weighted by Crippen LogP contribution is 2.29. The van der Waals surface area contributed by atoms with Gasteiger partial charge in [-0.15, -0.1) is 10.2 Å². The Balaban J connectivity index is 1.80. The summed E-state index contributed by atoms with van der Waals surface area (Å²) in [7, 11) is 0. The summed E-state index contributed by atoms with van der Waals surface area (Å²) >= 11 is 13.3. The second-order valence-electron chi connectivity index (χ2n) is 5.58. The van der Waals surface area contributed by atoms with Crippen molar-refractivity contribution in [2.24, 2.45) is 0 Å². The van der Waals surface area contributed by atoms with Gasteiger partial charge in [0, 0.05) is 16.6 Å². The number of aromatic nitrogens is 3. The zero-order valence-corrected chi connectivity index (χ0v) is 15.9. The van der Waals surface area contributed by atoms with Crippen molar-refractivity contribution in [3.8, 4) is 11.6 Å². The number of furan rings is 1. The molecule has 130 valence electrons. The molecule has 0 aliphatic rings. The van der Waals surface area contributed by atoms with Crippen molar-refractivity contribution in [3.05, 3.63) is 52.2 Å². The first-order valence-corrected chi connectivity index (χ1v) is 9.31. The number of carbonyl (C=O) groups is 1. The molecule has 0 amide bonds. The minimum Gasteiger partial charge on any atom is -0.461 e. The number of halogens is 2. The topological polar surface area (TPSA) is 60.9 Å². The number of carbonyl (C=O) groups excluding carboxylic acids is 1. The highest BCUT2D eigenvalue weighted by Gasteiger charge is 2.20. The molecular weight excluding hydrogens is 381 g/mol. The van der Waals surface area contributed by atoms with Crippen LogP contribution in [0.2, 0.25) is 10.0 Å². The summed E-state index contributed by atoms with van der Waals surface area (Å²) < 4.78 is 7.36. The van der Waals surface area contributed by atoms with E-state index in [1.165, 1.54) is 11.8 Å². The molecule has 0 spiro atoms. The second-order valence-corrected chi connectivity index (χ2v) is 7.37. The number of ketones is 1. The molecule has 3 aromatic rings. The van der Waals surface area contributed by atoms with Crippen molar-refractivity contribution < 1.29 is 9.21 Å². The molecule has 0 saturated heterocycles. The molecule has 25 heavy (non-hydrogen) atoms. The van der Waals surface area contributed by atoms with Gasteiger partial charge < -0.3 is 4.42 Å². The first-order valence-electron chi connectivity index (χ1n) is 7.57. The van der Waals surface area contributed by atoms with Gasteiger partial charge in [-0.25, -0.2) is 0 Å². The van der Waals surface area contributed by atoms with Crippen LogP contribution in [0.3, 0.4) is 0 Å². The fourth-order valence-electron chi connectivity index (χ4n) is 2.34. The van der Waals surface area contributed by atoms with Crippen molar-refractivity contribution in [2.45, 2.75) is 25.0 Å².